The highest BCUT2D eigenvalue weighted by molar-refractivity contribution is 6.31. The minimum absolute atomic E-state index is 0.218. The minimum atomic E-state index is -0.473. The average Bonchev–Trinajstić information content (AvgIpc) is 2.39. The maximum absolute atomic E-state index is 13.7. The number of rotatable bonds is 4. The Labute approximate surface area is 126 Å². The highest BCUT2D eigenvalue weighted by Gasteiger charge is 2.15. The second kappa shape index (κ2) is 6.53. The van der Waals surface area contributed by atoms with E-state index in [0.29, 0.717) is 21.2 Å². The normalized spacial score (nSPS) is 11.1. The molecule has 0 saturated carbocycles. The molecule has 106 valence electrons. The molecule has 5 heteroatoms. The molecule has 2 aromatic carbocycles. The topological polar surface area (TPSA) is 26.0 Å². The molecule has 0 radical (unpaired) electrons. The van der Waals surface area contributed by atoms with Crippen LogP contribution in [0, 0.1) is 11.6 Å². The number of nitrogens with two attached hydrogens (primary N) is 1. The van der Waals surface area contributed by atoms with Crippen LogP contribution in [0.1, 0.15) is 11.1 Å². The summed E-state index contributed by atoms with van der Waals surface area (Å²) in [5.74, 6) is -0.819. The second-order valence-corrected chi connectivity index (χ2v) is 5.38. The largest absolute Gasteiger partial charge is 0.327 e. The van der Waals surface area contributed by atoms with Gasteiger partial charge in [-0.1, -0.05) is 35.3 Å². The van der Waals surface area contributed by atoms with E-state index in [2.05, 4.69) is 0 Å². The summed E-state index contributed by atoms with van der Waals surface area (Å²) in [7, 11) is 0. The van der Waals surface area contributed by atoms with Crippen molar-refractivity contribution >= 4 is 23.2 Å². The summed E-state index contributed by atoms with van der Waals surface area (Å²) >= 11 is 11.9. The summed E-state index contributed by atoms with van der Waals surface area (Å²) in [5.41, 5.74) is 6.65. The van der Waals surface area contributed by atoms with Gasteiger partial charge in [-0.2, -0.15) is 0 Å². The third-order valence-electron chi connectivity index (χ3n) is 3.06. The molecule has 0 bridgehead atoms. The van der Waals surface area contributed by atoms with Crippen molar-refractivity contribution in [2.45, 2.75) is 18.9 Å². The van der Waals surface area contributed by atoms with E-state index in [1.54, 1.807) is 12.1 Å². The first-order valence-electron chi connectivity index (χ1n) is 6.10. The molecule has 0 amide bonds. The van der Waals surface area contributed by atoms with Gasteiger partial charge in [0.05, 0.1) is 0 Å². The molecule has 2 aromatic rings. The van der Waals surface area contributed by atoms with Crippen LogP contribution >= 0.6 is 23.2 Å². The fraction of sp³-hybridized carbons (Fsp3) is 0.200. The quantitative estimate of drug-likeness (QED) is 0.890. The van der Waals surface area contributed by atoms with Crippen molar-refractivity contribution in [3.8, 4) is 0 Å². The maximum Gasteiger partial charge on any atom is 0.127 e. The van der Waals surface area contributed by atoms with Crippen molar-refractivity contribution in [2.24, 2.45) is 5.73 Å². The van der Waals surface area contributed by atoms with Gasteiger partial charge in [-0.25, -0.2) is 8.78 Å². The fourth-order valence-electron chi connectivity index (χ4n) is 2.05. The second-order valence-electron chi connectivity index (χ2n) is 4.57. The van der Waals surface area contributed by atoms with Crippen LogP contribution in [0.4, 0.5) is 8.78 Å². The minimum Gasteiger partial charge on any atom is -0.327 e. The average molecular weight is 316 g/mol. The molecule has 0 heterocycles. The predicted molar refractivity (Wildman–Crippen MR) is 78.2 cm³/mol. The Morgan fingerprint density at radius 3 is 1.60 bits per heavy atom. The van der Waals surface area contributed by atoms with Gasteiger partial charge in [0.15, 0.2) is 0 Å². The van der Waals surface area contributed by atoms with Gasteiger partial charge >= 0.3 is 0 Å². The van der Waals surface area contributed by atoms with Gasteiger partial charge in [-0.15, -0.1) is 0 Å². The molecule has 0 unspecified atom stereocenters. The van der Waals surface area contributed by atoms with Crippen LogP contribution in [0.25, 0.3) is 0 Å². The van der Waals surface area contributed by atoms with Crippen LogP contribution in [-0.4, -0.2) is 6.04 Å². The lowest BCUT2D eigenvalue weighted by molar-refractivity contribution is 0.565. The molecule has 0 spiro atoms. The van der Waals surface area contributed by atoms with Crippen molar-refractivity contribution in [3.63, 3.8) is 0 Å². The molecule has 0 atom stereocenters. The van der Waals surface area contributed by atoms with Gasteiger partial charge in [0, 0.05) is 27.2 Å². The summed E-state index contributed by atoms with van der Waals surface area (Å²) in [4.78, 5) is 0. The molecule has 1 nitrogen and oxygen atoms in total. The van der Waals surface area contributed by atoms with Crippen LogP contribution in [0.2, 0.25) is 10.0 Å². The molecular weight excluding hydrogens is 303 g/mol. The highest BCUT2D eigenvalue weighted by Crippen LogP contribution is 2.24. The standard InChI is InChI=1S/C15H13Cl2F2N/c16-12-3-1-5-14(18)10(12)7-9(20)8-11-13(17)4-2-6-15(11)19/h1-6,9H,7-8,20H2. The summed E-state index contributed by atoms with van der Waals surface area (Å²) < 4.78 is 27.3. The lowest BCUT2D eigenvalue weighted by atomic mass is 9.99. The van der Waals surface area contributed by atoms with E-state index in [0.717, 1.165) is 0 Å². The summed E-state index contributed by atoms with van der Waals surface area (Å²) in [6.45, 7) is 0. The van der Waals surface area contributed by atoms with Crippen molar-refractivity contribution in [3.05, 3.63) is 69.2 Å². The molecular formula is C15H13Cl2F2N. The first-order chi connectivity index (χ1) is 9.49. The zero-order valence-corrected chi connectivity index (χ0v) is 12.1. The number of benzene rings is 2. The van der Waals surface area contributed by atoms with Crippen molar-refractivity contribution in [1.29, 1.82) is 0 Å². The lowest BCUT2D eigenvalue weighted by Gasteiger charge is -2.15. The van der Waals surface area contributed by atoms with Crippen molar-refractivity contribution in [1.82, 2.24) is 0 Å². The molecule has 2 N–H and O–H groups in total. The van der Waals surface area contributed by atoms with E-state index >= 15 is 0 Å². The van der Waals surface area contributed by atoms with E-state index in [1.165, 1.54) is 24.3 Å². The van der Waals surface area contributed by atoms with Gasteiger partial charge in [-0.3, -0.25) is 0 Å². The van der Waals surface area contributed by atoms with Gasteiger partial charge in [0.25, 0.3) is 0 Å². The van der Waals surface area contributed by atoms with Crippen LogP contribution in [0.3, 0.4) is 0 Å². The van der Waals surface area contributed by atoms with Gasteiger partial charge in [0.1, 0.15) is 11.6 Å². The van der Waals surface area contributed by atoms with E-state index < -0.39 is 17.7 Å². The molecule has 0 aliphatic carbocycles. The van der Waals surface area contributed by atoms with Crippen LogP contribution < -0.4 is 5.73 Å². The summed E-state index contributed by atoms with van der Waals surface area (Å²) in [6.07, 6.45) is 0.437. The molecule has 0 aliphatic rings. The van der Waals surface area contributed by atoms with E-state index in [9.17, 15) is 8.78 Å². The Kier molecular flexibility index (Phi) is 4.97. The fourth-order valence-corrected chi connectivity index (χ4v) is 2.53. The van der Waals surface area contributed by atoms with Crippen molar-refractivity contribution in [2.75, 3.05) is 0 Å². The molecule has 0 fully saturated rings. The van der Waals surface area contributed by atoms with E-state index in [1.807, 2.05) is 0 Å². The number of halogens is 4. The Morgan fingerprint density at radius 2 is 1.25 bits per heavy atom. The van der Waals surface area contributed by atoms with Crippen LogP contribution in [-0.2, 0) is 12.8 Å². The van der Waals surface area contributed by atoms with Gasteiger partial charge in [0.2, 0.25) is 0 Å². The predicted octanol–water partition coefficient (Wildman–Crippen LogP) is 4.38. The van der Waals surface area contributed by atoms with Crippen LogP contribution in [0.15, 0.2) is 36.4 Å². The molecule has 0 saturated heterocycles. The SMILES string of the molecule is NC(Cc1c(F)cccc1Cl)Cc1c(F)cccc1Cl. The Balaban J connectivity index is 2.15. The number of hydrogen-bond donors (Lipinski definition) is 1. The third-order valence-corrected chi connectivity index (χ3v) is 3.76. The van der Waals surface area contributed by atoms with Crippen LogP contribution in [0.5, 0.6) is 0 Å². The van der Waals surface area contributed by atoms with E-state index in [-0.39, 0.29) is 12.8 Å². The first kappa shape index (κ1) is 15.2. The van der Waals surface area contributed by atoms with E-state index in [4.69, 9.17) is 28.9 Å². The Bertz CT molecular complexity index is 523. The van der Waals surface area contributed by atoms with Gasteiger partial charge < -0.3 is 5.73 Å². The molecule has 2 rings (SSSR count). The molecule has 0 aromatic heterocycles. The summed E-state index contributed by atoms with van der Waals surface area (Å²) in [5, 5.41) is 0.639. The van der Waals surface area contributed by atoms with Gasteiger partial charge in [-0.05, 0) is 37.1 Å². The first-order valence-corrected chi connectivity index (χ1v) is 6.86. The Hall–Kier alpha value is -1.16. The molecule has 20 heavy (non-hydrogen) atoms. The smallest absolute Gasteiger partial charge is 0.127 e. The zero-order valence-electron chi connectivity index (χ0n) is 10.5. The van der Waals surface area contributed by atoms with Crippen molar-refractivity contribution < 1.29 is 8.78 Å². The third kappa shape index (κ3) is 3.48. The maximum atomic E-state index is 13.7. The monoisotopic (exact) mass is 315 g/mol. The molecule has 0 aliphatic heterocycles. The zero-order chi connectivity index (χ0) is 14.7. The summed E-state index contributed by atoms with van der Waals surface area (Å²) in [6, 6.07) is 8.43. The number of hydrogen-bond acceptors (Lipinski definition) is 1. The highest BCUT2D eigenvalue weighted by atomic mass is 35.5. The lowest BCUT2D eigenvalue weighted by Crippen LogP contribution is -2.26. The Morgan fingerprint density at radius 1 is 0.850 bits per heavy atom.